The second-order valence-electron chi connectivity index (χ2n) is 5.84. The molecular weight excluding hydrogens is 328 g/mol. The number of aromatic nitrogens is 1. The number of sulfonamides is 1. The zero-order chi connectivity index (χ0) is 17.4. The Morgan fingerprint density at radius 2 is 2.00 bits per heavy atom. The Balaban J connectivity index is 1.76. The molecule has 1 saturated heterocycles. The van der Waals surface area contributed by atoms with Crippen molar-refractivity contribution in [3.63, 3.8) is 0 Å². The van der Waals surface area contributed by atoms with Gasteiger partial charge in [0.05, 0.1) is 5.75 Å². The molecular formula is C16H26N4O3S. The number of nitrogens with zero attached hydrogens (tertiary/aromatic N) is 3. The molecule has 0 bridgehead atoms. The van der Waals surface area contributed by atoms with E-state index in [0.717, 1.165) is 18.7 Å². The van der Waals surface area contributed by atoms with Crippen LogP contribution < -0.4 is 10.2 Å². The highest BCUT2D eigenvalue weighted by molar-refractivity contribution is 7.89. The van der Waals surface area contributed by atoms with Gasteiger partial charge in [-0.1, -0.05) is 19.4 Å². The Kier molecular flexibility index (Phi) is 6.99. The topological polar surface area (TPSA) is 82.6 Å². The summed E-state index contributed by atoms with van der Waals surface area (Å²) in [6, 6.07) is 5.71. The molecule has 24 heavy (non-hydrogen) atoms. The molecule has 8 heteroatoms. The van der Waals surface area contributed by atoms with Gasteiger partial charge < -0.3 is 10.2 Å². The molecule has 2 heterocycles. The molecule has 1 aromatic rings. The van der Waals surface area contributed by atoms with Crippen molar-refractivity contribution in [1.82, 2.24) is 14.6 Å². The van der Waals surface area contributed by atoms with E-state index in [4.69, 9.17) is 0 Å². The van der Waals surface area contributed by atoms with Gasteiger partial charge in [0.15, 0.2) is 0 Å². The molecule has 2 rings (SSSR count). The molecule has 0 saturated carbocycles. The summed E-state index contributed by atoms with van der Waals surface area (Å²) in [4.78, 5) is 17.9. The van der Waals surface area contributed by atoms with E-state index in [1.807, 2.05) is 25.1 Å². The van der Waals surface area contributed by atoms with Crippen LogP contribution in [0.2, 0.25) is 0 Å². The fourth-order valence-electron chi connectivity index (χ4n) is 2.61. The lowest BCUT2D eigenvalue weighted by atomic mass is 10.2. The van der Waals surface area contributed by atoms with Crippen LogP contribution in [-0.4, -0.2) is 62.1 Å². The molecule has 1 aliphatic rings. The van der Waals surface area contributed by atoms with Crippen LogP contribution in [0, 0.1) is 0 Å². The Labute approximate surface area is 144 Å². The maximum absolute atomic E-state index is 12.4. The van der Waals surface area contributed by atoms with Crippen LogP contribution in [0.1, 0.15) is 26.2 Å². The van der Waals surface area contributed by atoms with Gasteiger partial charge in [-0.15, -0.1) is 0 Å². The van der Waals surface area contributed by atoms with Gasteiger partial charge in [-0.2, -0.15) is 4.31 Å². The molecule has 0 aromatic carbocycles. The van der Waals surface area contributed by atoms with E-state index in [1.54, 1.807) is 6.20 Å². The van der Waals surface area contributed by atoms with E-state index in [1.165, 1.54) is 4.31 Å². The molecule has 0 radical (unpaired) electrons. The summed E-state index contributed by atoms with van der Waals surface area (Å²) in [6.45, 7) is 4.33. The summed E-state index contributed by atoms with van der Waals surface area (Å²) >= 11 is 0. The van der Waals surface area contributed by atoms with Crippen molar-refractivity contribution in [2.24, 2.45) is 0 Å². The Bertz CT molecular complexity index is 613. The zero-order valence-corrected chi connectivity index (χ0v) is 15.0. The highest BCUT2D eigenvalue weighted by atomic mass is 32.2. The Morgan fingerprint density at radius 3 is 2.62 bits per heavy atom. The number of pyridine rings is 1. The molecule has 1 aliphatic heterocycles. The van der Waals surface area contributed by atoms with Crippen LogP contribution in [0.4, 0.5) is 5.82 Å². The number of nitrogens with one attached hydrogen (secondary N) is 1. The largest absolute Gasteiger partial charge is 0.355 e. The second kappa shape index (κ2) is 8.98. The third-order valence-electron chi connectivity index (χ3n) is 4.04. The standard InChI is InChI=1S/C16H26N4O3S/c1-2-3-7-16(21)18-9-14-24(22,23)20-12-10-19(11-13-20)15-6-4-5-8-17-15/h4-6,8H,2-3,7,9-14H2,1H3,(H,18,21). The first kappa shape index (κ1) is 18.7. The number of rotatable bonds is 8. The maximum Gasteiger partial charge on any atom is 0.220 e. The number of carbonyl (C=O) groups excluding carboxylic acids is 1. The van der Waals surface area contributed by atoms with Gasteiger partial charge in [-0.3, -0.25) is 4.79 Å². The fraction of sp³-hybridized carbons (Fsp3) is 0.625. The molecule has 0 spiro atoms. The van der Waals surface area contributed by atoms with E-state index >= 15 is 0 Å². The quantitative estimate of drug-likeness (QED) is 0.748. The van der Waals surface area contributed by atoms with Crippen molar-refractivity contribution in [3.8, 4) is 0 Å². The van der Waals surface area contributed by atoms with Crippen molar-refractivity contribution >= 4 is 21.7 Å². The maximum atomic E-state index is 12.4. The SMILES string of the molecule is CCCCC(=O)NCCS(=O)(=O)N1CCN(c2ccccn2)CC1. The zero-order valence-electron chi connectivity index (χ0n) is 14.1. The van der Waals surface area contributed by atoms with Gasteiger partial charge in [0.1, 0.15) is 5.82 Å². The molecule has 7 nitrogen and oxygen atoms in total. The number of carbonyl (C=O) groups is 1. The minimum absolute atomic E-state index is 0.0472. The Morgan fingerprint density at radius 1 is 1.25 bits per heavy atom. The van der Waals surface area contributed by atoms with Gasteiger partial charge in [-0.25, -0.2) is 13.4 Å². The first-order chi connectivity index (χ1) is 11.5. The molecule has 1 fully saturated rings. The van der Waals surface area contributed by atoms with Gasteiger partial charge in [0.25, 0.3) is 0 Å². The van der Waals surface area contributed by atoms with Crippen LogP contribution in [0.25, 0.3) is 0 Å². The van der Waals surface area contributed by atoms with Gasteiger partial charge in [0.2, 0.25) is 15.9 Å². The van der Waals surface area contributed by atoms with E-state index in [-0.39, 0.29) is 18.2 Å². The van der Waals surface area contributed by atoms with Crippen molar-refractivity contribution in [2.45, 2.75) is 26.2 Å². The van der Waals surface area contributed by atoms with Crippen molar-refractivity contribution in [2.75, 3.05) is 43.4 Å². The van der Waals surface area contributed by atoms with E-state index < -0.39 is 10.0 Å². The van der Waals surface area contributed by atoms with E-state index in [0.29, 0.717) is 32.6 Å². The summed E-state index contributed by atoms with van der Waals surface area (Å²) in [5.74, 6) is 0.749. The fourth-order valence-corrected chi connectivity index (χ4v) is 3.95. The first-order valence-corrected chi connectivity index (χ1v) is 10.0. The van der Waals surface area contributed by atoms with Crippen molar-refractivity contribution in [1.29, 1.82) is 0 Å². The summed E-state index contributed by atoms with van der Waals surface area (Å²) < 4.78 is 26.2. The average Bonchev–Trinajstić information content (AvgIpc) is 2.60. The third kappa shape index (κ3) is 5.45. The lowest BCUT2D eigenvalue weighted by molar-refractivity contribution is -0.121. The highest BCUT2D eigenvalue weighted by Gasteiger charge is 2.27. The number of hydrogen-bond donors (Lipinski definition) is 1. The van der Waals surface area contributed by atoms with E-state index in [9.17, 15) is 13.2 Å². The molecule has 0 aliphatic carbocycles. The number of hydrogen-bond acceptors (Lipinski definition) is 5. The summed E-state index contributed by atoms with van der Waals surface area (Å²) in [7, 11) is -3.33. The van der Waals surface area contributed by atoms with Crippen molar-refractivity contribution in [3.05, 3.63) is 24.4 Å². The number of amides is 1. The predicted molar refractivity (Wildman–Crippen MR) is 94.3 cm³/mol. The average molecular weight is 354 g/mol. The monoisotopic (exact) mass is 354 g/mol. The number of anilines is 1. The summed E-state index contributed by atoms with van der Waals surface area (Å²) in [5, 5.41) is 2.68. The van der Waals surface area contributed by atoms with Crippen LogP contribution >= 0.6 is 0 Å². The van der Waals surface area contributed by atoms with Crippen LogP contribution in [0.3, 0.4) is 0 Å². The predicted octanol–water partition coefficient (Wildman–Crippen LogP) is 0.840. The van der Waals surface area contributed by atoms with Gasteiger partial charge in [0, 0.05) is 45.3 Å². The van der Waals surface area contributed by atoms with Crippen LogP contribution in [0.5, 0.6) is 0 Å². The normalized spacial score (nSPS) is 16.1. The second-order valence-corrected chi connectivity index (χ2v) is 7.93. The summed E-state index contributed by atoms with van der Waals surface area (Å²) in [6.07, 6.45) is 3.97. The smallest absolute Gasteiger partial charge is 0.220 e. The first-order valence-electron chi connectivity index (χ1n) is 8.43. The molecule has 0 atom stereocenters. The molecule has 0 unspecified atom stereocenters. The van der Waals surface area contributed by atoms with Crippen LogP contribution in [0.15, 0.2) is 24.4 Å². The van der Waals surface area contributed by atoms with E-state index in [2.05, 4.69) is 15.2 Å². The van der Waals surface area contributed by atoms with Gasteiger partial charge >= 0.3 is 0 Å². The third-order valence-corrected chi connectivity index (χ3v) is 5.92. The molecule has 1 N–H and O–H groups in total. The number of piperazine rings is 1. The van der Waals surface area contributed by atoms with Gasteiger partial charge in [-0.05, 0) is 18.6 Å². The molecule has 1 aromatic heterocycles. The Hall–Kier alpha value is -1.67. The summed E-state index contributed by atoms with van der Waals surface area (Å²) in [5.41, 5.74) is 0. The minimum atomic E-state index is -3.33. The molecule has 134 valence electrons. The lowest BCUT2D eigenvalue weighted by Gasteiger charge is -2.34. The van der Waals surface area contributed by atoms with Crippen LogP contribution in [-0.2, 0) is 14.8 Å². The number of unbranched alkanes of at least 4 members (excludes halogenated alkanes) is 1. The minimum Gasteiger partial charge on any atom is -0.355 e. The molecule has 1 amide bonds. The lowest BCUT2D eigenvalue weighted by Crippen LogP contribution is -2.50. The highest BCUT2D eigenvalue weighted by Crippen LogP contribution is 2.14. The van der Waals surface area contributed by atoms with Crippen molar-refractivity contribution < 1.29 is 13.2 Å².